The van der Waals surface area contributed by atoms with Crippen molar-refractivity contribution in [2.45, 2.75) is 26.6 Å². The normalized spacial score (nSPS) is 11.4. The molecule has 1 N–H and O–H groups in total. The van der Waals surface area contributed by atoms with E-state index in [9.17, 15) is 0 Å². The first-order valence-corrected chi connectivity index (χ1v) is 10.1. The molecule has 0 bridgehead atoms. The smallest absolute Gasteiger partial charge is 0.194 e. The zero-order valence-electron chi connectivity index (χ0n) is 17.8. The summed E-state index contributed by atoms with van der Waals surface area (Å²) in [6.45, 7) is 3.62. The van der Waals surface area contributed by atoms with Crippen molar-refractivity contribution in [3.63, 3.8) is 0 Å². The highest BCUT2D eigenvalue weighted by molar-refractivity contribution is 6.31. The summed E-state index contributed by atoms with van der Waals surface area (Å²) in [5, 5.41) is 12.5. The minimum Gasteiger partial charge on any atom is -0.497 e. The van der Waals surface area contributed by atoms with Gasteiger partial charge in [-0.25, -0.2) is 4.99 Å². The number of nitrogens with one attached hydrogen (secondary N) is 1. The molecule has 2 aromatic carbocycles. The summed E-state index contributed by atoms with van der Waals surface area (Å²) in [4.78, 5) is 6.87. The van der Waals surface area contributed by atoms with E-state index < -0.39 is 0 Å². The van der Waals surface area contributed by atoms with Crippen molar-refractivity contribution in [2.24, 2.45) is 12.0 Å². The predicted octanol–water partition coefficient (Wildman–Crippen LogP) is 3.56. The summed E-state index contributed by atoms with van der Waals surface area (Å²) in [5.41, 5.74) is 2.13. The van der Waals surface area contributed by atoms with Crippen LogP contribution in [-0.4, -0.2) is 39.8 Å². The second-order valence-corrected chi connectivity index (χ2v) is 7.42. The van der Waals surface area contributed by atoms with Gasteiger partial charge in [0, 0.05) is 25.7 Å². The molecule has 0 amide bonds. The van der Waals surface area contributed by atoms with Gasteiger partial charge in [-0.15, -0.1) is 10.2 Å². The summed E-state index contributed by atoms with van der Waals surface area (Å²) in [5.74, 6) is 3.30. The van der Waals surface area contributed by atoms with Crippen molar-refractivity contribution in [3.8, 4) is 5.75 Å². The molecule has 3 aromatic rings. The van der Waals surface area contributed by atoms with E-state index in [0.29, 0.717) is 19.6 Å². The molecule has 0 aliphatic heterocycles. The maximum atomic E-state index is 6.35. The standard InChI is InChI=1S/C22H27ClN6O/c1-16-26-27-21(29(16)3)14-25-22(24-13-17-9-11-19(30-4)12-10-17)28(2)15-18-7-5-6-8-20(18)23/h5-12H,13-15H2,1-4H3,(H,24,25). The topological polar surface area (TPSA) is 67.6 Å². The van der Waals surface area contributed by atoms with Crippen LogP contribution in [0.1, 0.15) is 22.8 Å². The number of aliphatic imine (C=N–C) groups is 1. The second-order valence-electron chi connectivity index (χ2n) is 7.01. The molecule has 3 rings (SSSR count). The Morgan fingerprint density at radius 3 is 2.53 bits per heavy atom. The monoisotopic (exact) mass is 426 g/mol. The van der Waals surface area contributed by atoms with Gasteiger partial charge in [0.15, 0.2) is 11.8 Å². The van der Waals surface area contributed by atoms with Crippen LogP contribution >= 0.6 is 11.6 Å². The van der Waals surface area contributed by atoms with Gasteiger partial charge in [0.25, 0.3) is 0 Å². The quantitative estimate of drug-likeness (QED) is 0.462. The first-order valence-electron chi connectivity index (χ1n) is 9.68. The Balaban J connectivity index is 1.77. The lowest BCUT2D eigenvalue weighted by molar-refractivity contribution is 0.414. The number of guanidine groups is 1. The van der Waals surface area contributed by atoms with E-state index in [1.807, 2.05) is 79.0 Å². The number of ether oxygens (including phenoxy) is 1. The highest BCUT2D eigenvalue weighted by atomic mass is 35.5. The highest BCUT2D eigenvalue weighted by Gasteiger charge is 2.12. The number of benzene rings is 2. The zero-order chi connectivity index (χ0) is 21.5. The van der Waals surface area contributed by atoms with Gasteiger partial charge in [0.2, 0.25) is 0 Å². The summed E-state index contributed by atoms with van der Waals surface area (Å²) < 4.78 is 7.19. The highest BCUT2D eigenvalue weighted by Crippen LogP contribution is 2.17. The van der Waals surface area contributed by atoms with Crippen LogP contribution < -0.4 is 10.1 Å². The lowest BCUT2D eigenvalue weighted by atomic mass is 10.2. The van der Waals surface area contributed by atoms with Crippen molar-refractivity contribution in [3.05, 3.63) is 76.3 Å². The van der Waals surface area contributed by atoms with Crippen molar-refractivity contribution in [1.82, 2.24) is 25.0 Å². The fourth-order valence-corrected chi connectivity index (χ4v) is 3.12. The van der Waals surface area contributed by atoms with Crippen LogP contribution in [-0.2, 0) is 26.7 Å². The number of hydrogen-bond donors (Lipinski definition) is 1. The lowest BCUT2D eigenvalue weighted by Gasteiger charge is -2.23. The van der Waals surface area contributed by atoms with Crippen LogP contribution in [0, 0.1) is 6.92 Å². The van der Waals surface area contributed by atoms with Gasteiger partial charge in [0.05, 0.1) is 20.2 Å². The number of nitrogens with zero attached hydrogens (tertiary/aromatic N) is 5. The number of aromatic nitrogens is 3. The molecular weight excluding hydrogens is 400 g/mol. The van der Waals surface area contributed by atoms with Crippen LogP contribution in [0.25, 0.3) is 0 Å². The Labute approximate surface area is 182 Å². The second kappa shape index (κ2) is 10.1. The van der Waals surface area contributed by atoms with Gasteiger partial charge in [-0.2, -0.15) is 0 Å². The maximum Gasteiger partial charge on any atom is 0.194 e. The number of rotatable bonds is 7. The third kappa shape index (κ3) is 5.51. The first-order chi connectivity index (χ1) is 14.5. The van der Waals surface area contributed by atoms with Gasteiger partial charge in [-0.1, -0.05) is 41.9 Å². The molecular formula is C22H27ClN6O. The lowest BCUT2D eigenvalue weighted by Crippen LogP contribution is -2.38. The maximum absolute atomic E-state index is 6.35. The van der Waals surface area contributed by atoms with Crippen molar-refractivity contribution < 1.29 is 4.74 Å². The van der Waals surface area contributed by atoms with Crippen LogP contribution in [0.3, 0.4) is 0 Å². The molecule has 0 saturated carbocycles. The fourth-order valence-electron chi connectivity index (χ4n) is 2.93. The molecule has 0 spiro atoms. The van der Waals surface area contributed by atoms with Crippen molar-refractivity contribution >= 4 is 17.6 Å². The van der Waals surface area contributed by atoms with Gasteiger partial charge in [0.1, 0.15) is 11.6 Å². The minimum atomic E-state index is 0.519. The average molecular weight is 427 g/mol. The number of halogens is 1. The Hall–Kier alpha value is -3.06. The molecule has 0 atom stereocenters. The molecule has 1 aromatic heterocycles. The van der Waals surface area contributed by atoms with E-state index in [4.69, 9.17) is 21.3 Å². The van der Waals surface area contributed by atoms with E-state index in [-0.39, 0.29) is 0 Å². The van der Waals surface area contributed by atoms with E-state index in [1.165, 1.54) is 0 Å². The Bertz CT molecular complexity index is 999. The predicted molar refractivity (Wildman–Crippen MR) is 120 cm³/mol. The van der Waals surface area contributed by atoms with E-state index in [1.54, 1.807) is 7.11 Å². The number of methoxy groups -OCH3 is 1. The third-order valence-corrected chi connectivity index (χ3v) is 5.25. The molecule has 0 radical (unpaired) electrons. The minimum absolute atomic E-state index is 0.519. The van der Waals surface area contributed by atoms with Gasteiger partial charge in [-0.05, 0) is 36.2 Å². The molecule has 30 heavy (non-hydrogen) atoms. The van der Waals surface area contributed by atoms with Crippen LogP contribution in [0.4, 0.5) is 0 Å². The van der Waals surface area contributed by atoms with E-state index in [0.717, 1.165) is 39.5 Å². The van der Waals surface area contributed by atoms with Gasteiger partial charge in [-0.3, -0.25) is 0 Å². The Morgan fingerprint density at radius 2 is 1.90 bits per heavy atom. The first kappa shape index (κ1) is 21.6. The largest absolute Gasteiger partial charge is 0.497 e. The van der Waals surface area contributed by atoms with Gasteiger partial charge < -0.3 is 19.5 Å². The van der Waals surface area contributed by atoms with Crippen LogP contribution in [0.2, 0.25) is 5.02 Å². The SMILES string of the molecule is COc1ccc(CN=C(NCc2nnc(C)n2C)N(C)Cc2ccccc2Cl)cc1. The molecule has 158 valence electrons. The van der Waals surface area contributed by atoms with Crippen molar-refractivity contribution in [2.75, 3.05) is 14.2 Å². The molecule has 8 heteroatoms. The number of aryl methyl sites for hydroxylation is 1. The molecule has 0 aliphatic rings. The van der Waals surface area contributed by atoms with E-state index in [2.05, 4.69) is 15.5 Å². The summed E-state index contributed by atoms with van der Waals surface area (Å²) in [7, 11) is 5.60. The summed E-state index contributed by atoms with van der Waals surface area (Å²) in [6, 6.07) is 15.7. The van der Waals surface area contributed by atoms with Gasteiger partial charge >= 0.3 is 0 Å². The molecule has 0 unspecified atom stereocenters. The van der Waals surface area contributed by atoms with Crippen molar-refractivity contribution in [1.29, 1.82) is 0 Å². The molecule has 0 aliphatic carbocycles. The Kier molecular flexibility index (Phi) is 7.30. The fraction of sp³-hybridized carbons (Fsp3) is 0.318. The molecule has 0 fully saturated rings. The molecule has 7 nitrogen and oxygen atoms in total. The third-order valence-electron chi connectivity index (χ3n) is 4.88. The number of hydrogen-bond acceptors (Lipinski definition) is 4. The van der Waals surface area contributed by atoms with Crippen LogP contribution in [0.15, 0.2) is 53.5 Å². The molecule has 1 heterocycles. The van der Waals surface area contributed by atoms with E-state index >= 15 is 0 Å². The summed E-state index contributed by atoms with van der Waals surface area (Å²) >= 11 is 6.35. The van der Waals surface area contributed by atoms with Crippen LogP contribution in [0.5, 0.6) is 5.75 Å². The zero-order valence-corrected chi connectivity index (χ0v) is 18.5. The summed E-state index contributed by atoms with van der Waals surface area (Å²) in [6.07, 6.45) is 0. The average Bonchev–Trinajstić information content (AvgIpc) is 3.08. The molecule has 0 saturated heterocycles. The Morgan fingerprint density at radius 1 is 1.17 bits per heavy atom.